The molecule has 0 amide bonds. The van der Waals surface area contributed by atoms with Crippen molar-refractivity contribution in [2.75, 3.05) is 32.9 Å². The first-order chi connectivity index (χ1) is 15.9. The summed E-state index contributed by atoms with van der Waals surface area (Å²) < 4.78 is 0. The Kier molecular flexibility index (Phi) is 8.79. The van der Waals surface area contributed by atoms with E-state index in [0.717, 1.165) is 11.1 Å². The predicted octanol–water partition coefficient (Wildman–Crippen LogP) is -1.01. The van der Waals surface area contributed by atoms with E-state index in [2.05, 4.69) is 10.6 Å². The van der Waals surface area contributed by atoms with Crippen LogP contribution in [0.5, 0.6) is 0 Å². The average Bonchev–Trinajstić information content (AvgIpc) is 2.84. The van der Waals surface area contributed by atoms with Gasteiger partial charge in [-0.2, -0.15) is 0 Å². The molecule has 0 aliphatic heterocycles. The van der Waals surface area contributed by atoms with Crippen molar-refractivity contribution < 1.29 is 34.8 Å². The highest BCUT2D eigenvalue weighted by molar-refractivity contribution is 6.27. The fraction of sp³-hybridized carbons (Fsp3) is 0.458. The summed E-state index contributed by atoms with van der Waals surface area (Å²) in [5.74, 6) is -1.17. The minimum atomic E-state index is -1.06. The molecule has 4 atom stereocenters. The molecule has 3 rings (SSSR count). The number of ketones is 2. The number of fused-ring (bicyclic) bond motifs is 2. The van der Waals surface area contributed by atoms with Crippen molar-refractivity contribution in [2.24, 2.45) is 5.92 Å². The summed E-state index contributed by atoms with van der Waals surface area (Å²) in [6.45, 7) is -0.429. The summed E-state index contributed by atoms with van der Waals surface area (Å²) >= 11 is 0. The Balaban J connectivity index is 1.93. The molecule has 0 radical (unpaired) electrons. The van der Waals surface area contributed by atoms with E-state index in [-0.39, 0.29) is 44.3 Å². The Labute approximate surface area is 191 Å². The number of nitrogens with one attached hydrogen (secondary N) is 2. The molecule has 9 heteroatoms. The van der Waals surface area contributed by atoms with E-state index in [1.807, 2.05) is 6.08 Å². The molecule has 0 aromatic heterocycles. The van der Waals surface area contributed by atoms with Gasteiger partial charge in [0.25, 0.3) is 0 Å². The number of carbonyl (C=O) groups is 3. The Morgan fingerprint density at radius 1 is 1.15 bits per heavy atom. The molecule has 33 heavy (non-hydrogen) atoms. The smallest absolute Gasteiger partial charge is 0.216 e. The van der Waals surface area contributed by atoms with Crippen LogP contribution in [0.2, 0.25) is 0 Å². The number of aldehydes is 1. The summed E-state index contributed by atoms with van der Waals surface area (Å²) in [6, 6.07) is 3.60. The van der Waals surface area contributed by atoms with Gasteiger partial charge in [-0.15, -0.1) is 0 Å². The molecule has 2 aliphatic carbocycles. The van der Waals surface area contributed by atoms with Gasteiger partial charge < -0.3 is 31.1 Å². The molecule has 0 fully saturated rings. The Morgan fingerprint density at radius 3 is 2.55 bits per heavy atom. The van der Waals surface area contributed by atoms with Crippen LogP contribution in [-0.2, 0) is 16.0 Å². The molecule has 0 spiro atoms. The van der Waals surface area contributed by atoms with E-state index in [1.54, 1.807) is 24.3 Å². The number of aliphatic hydroxyl groups is 4. The highest BCUT2D eigenvalue weighted by Gasteiger charge is 2.34. The molecule has 0 saturated carbocycles. The van der Waals surface area contributed by atoms with Gasteiger partial charge in [0.1, 0.15) is 0 Å². The van der Waals surface area contributed by atoms with Gasteiger partial charge in [-0.25, -0.2) is 0 Å². The van der Waals surface area contributed by atoms with Crippen LogP contribution in [-0.4, -0.2) is 83.3 Å². The van der Waals surface area contributed by atoms with E-state index in [4.69, 9.17) is 10.2 Å². The lowest BCUT2D eigenvalue weighted by molar-refractivity contribution is -0.131. The highest BCUT2D eigenvalue weighted by Crippen LogP contribution is 2.36. The van der Waals surface area contributed by atoms with Gasteiger partial charge in [-0.3, -0.25) is 14.4 Å². The SMILES string of the molecule is O=CC(=O)C(NCCO)c1ccc2c(c1)C(=O)C1=CC(C(NCCO)C(O)CO)CC=C1C2. The van der Waals surface area contributed by atoms with Crippen molar-refractivity contribution in [2.45, 2.75) is 31.0 Å². The lowest BCUT2D eigenvalue weighted by Crippen LogP contribution is -2.48. The second-order valence-corrected chi connectivity index (χ2v) is 8.22. The third-order valence-corrected chi connectivity index (χ3v) is 6.12. The van der Waals surface area contributed by atoms with Gasteiger partial charge in [-0.1, -0.05) is 24.3 Å². The maximum absolute atomic E-state index is 13.4. The fourth-order valence-electron chi connectivity index (χ4n) is 4.48. The molecule has 1 aromatic carbocycles. The molecule has 0 bridgehead atoms. The lowest BCUT2D eigenvalue weighted by Gasteiger charge is -2.33. The number of hydrogen-bond acceptors (Lipinski definition) is 9. The van der Waals surface area contributed by atoms with Gasteiger partial charge in [-0.05, 0) is 41.5 Å². The number of Topliss-reactive ketones (excluding diaryl/α,β-unsaturated/α-hetero) is 2. The van der Waals surface area contributed by atoms with Gasteiger partial charge in [0, 0.05) is 30.3 Å². The largest absolute Gasteiger partial charge is 0.395 e. The molecule has 1 aromatic rings. The maximum Gasteiger partial charge on any atom is 0.216 e. The van der Waals surface area contributed by atoms with Crippen LogP contribution in [0, 0.1) is 5.92 Å². The van der Waals surface area contributed by atoms with Crippen LogP contribution < -0.4 is 10.6 Å². The molecule has 178 valence electrons. The number of benzene rings is 1. The highest BCUT2D eigenvalue weighted by atomic mass is 16.3. The number of rotatable bonds is 12. The molecule has 0 saturated heterocycles. The van der Waals surface area contributed by atoms with E-state index >= 15 is 0 Å². The second-order valence-electron chi connectivity index (χ2n) is 8.22. The fourth-order valence-corrected chi connectivity index (χ4v) is 4.48. The molecule has 2 aliphatic rings. The van der Waals surface area contributed by atoms with E-state index in [0.29, 0.717) is 29.5 Å². The van der Waals surface area contributed by atoms with Crippen LogP contribution in [0.15, 0.2) is 41.5 Å². The zero-order chi connectivity index (χ0) is 24.0. The molecule has 0 heterocycles. The third-order valence-electron chi connectivity index (χ3n) is 6.12. The van der Waals surface area contributed by atoms with Crippen LogP contribution in [0.3, 0.4) is 0 Å². The Bertz CT molecular complexity index is 956. The minimum absolute atomic E-state index is 0.115. The topological polar surface area (TPSA) is 156 Å². The molecule has 4 unspecified atom stereocenters. The van der Waals surface area contributed by atoms with Gasteiger partial charge >= 0.3 is 0 Å². The molecule has 6 N–H and O–H groups in total. The lowest BCUT2D eigenvalue weighted by atomic mass is 9.75. The summed E-state index contributed by atoms with van der Waals surface area (Å²) in [5, 5.41) is 43.8. The zero-order valence-corrected chi connectivity index (χ0v) is 18.2. The summed E-state index contributed by atoms with van der Waals surface area (Å²) in [7, 11) is 0. The van der Waals surface area contributed by atoms with Crippen LogP contribution in [0.25, 0.3) is 0 Å². The van der Waals surface area contributed by atoms with Crippen LogP contribution >= 0.6 is 0 Å². The molecular weight excluding hydrogens is 428 g/mol. The molecule has 9 nitrogen and oxygen atoms in total. The first-order valence-corrected chi connectivity index (χ1v) is 11.0. The van der Waals surface area contributed by atoms with Crippen molar-refractivity contribution >= 4 is 17.9 Å². The van der Waals surface area contributed by atoms with E-state index in [9.17, 15) is 24.6 Å². The molecular formula is C24H30N2O7. The maximum atomic E-state index is 13.4. The van der Waals surface area contributed by atoms with Crippen LogP contribution in [0.4, 0.5) is 0 Å². The van der Waals surface area contributed by atoms with Gasteiger partial charge in [0.15, 0.2) is 12.1 Å². The summed E-state index contributed by atoms with van der Waals surface area (Å²) in [5.41, 5.74) is 3.11. The zero-order valence-electron chi connectivity index (χ0n) is 18.2. The van der Waals surface area contributed by atoms with Gasteiger partial charge in [0.2, 0.25) is 5.78 Å². The van der Waals surface area contributed by atoms with Crippen molar-refractivity contribution in [3.63, 3.8) is 0 Å². The predicted molar refractivity (Wildman–Crippen MR) is 120 cm³/mol. The normalized spacial score (nSPS) is 20.1. The van der Waals surface area contributed by atoms with E-state index < -0.39 is 30.6 Å². The third kappa shape index (κ3) is 5.52. The van der Waals surface area contributed by atoms with Crippen molar-refractivity contribution in [1.29, 1.82) is 0 Å². The first kappa shape index (κ1) is 25.1. The van der Waals surface area contributed by atoms with Crippen molar-refractivity contribution in [3.05, 3.63) is 58.2 Å². The van der Waals surface area contributed by atoms with Crippen molar-refractivity contribution in [3.8, 4) is 0 Å². The Hall–Kier alpha value is -2.53. The van der Waals surface area contributed by atoms with Crippen LogP contribution in [0.1, 0.15) is 33.9 Å². The summed E-state index contributed by atoms with van der Waals surface area (Å²) in [4.78, 5) is 36.6. The van der Waals surface area contributed by atoms with Gasteiger partial charge in [0.05, 0.1) is 32.0 Å². The minimum Gasteiger partial charge on any atom is -0.395 e. The summed E-state index contributed by atoms with van der Waals surface area (Å²) in [6.07, 6.45) is 4.04. The quantitative estimate of drug-likeness (QED) is 0.171. The first-order valence-electron chi connectivity index (χ1n) is 11.0. The monoisotopic (exact) mass is 458 g/mol. The number of allylic oxidation sites excluding steroid dienone is 3. The number of carbonyl (C=O) groups excluding carboxylic acids is 3. The number of aliphatic hydroxyl groups excluding tert-OH is 4. The second kappa shape index (κ2) is 11.6. The van der Waals surface area contributed by atoms with E-state index in [1.165, 1.54) is 0 Å². The average molecular weight is 459 g/mol. The standard InChI is InChI=1S/C24H30N2O7/c27-7-5-25-22(20(31)12-29)16-3-1-14-9-15-2-4-17(11-19(15)24(33)18(14)10-16)23(21(32)13-30)26-6-8-28/h1-3,10-12,17,21-23,25-28,30,32H,4-9,13H2. The number of hydrogen-bond donors (Lipinski definition) is 6. The Morgan fingerprint density at radius 2 is 1.88 bits per heavy atom. The van der Waals surface area contributed by atoms with Crippen molar-refractivity contribution in [1.82, 2.24) is 10.6 Å².